The zero-order valence-electron chi connectivity index (χ0n) is 12.3. The lowest BCUT2D eigenvalue weighted by atomic mass is 10.1. The number of hydrogen-bond acceptors (Lipinski definition) is 3. The molecule has 0 saturated heterocycles. The molecule has 3 rings (SSSR count). The van der Waals surface area contributed by atoms with Crippen LogP contribution in [-0.2, 0) is 22.9 Å². The third-order valence-corrected chi connectivity index (χ3v) is 7.27. The van der Waals surface area contributed by atoms with E-state index in [1.54, 1.807) is 6.07 Å². The predicted octanol–water partition coefficient (Wildman–Crippen LogP) is 3.13. The van der Waals surface area contributed by atoms with Crippen molar-refractivity contribution in [1.29, 1.82) is 0 Å². The van der Waals surface area contributed by atoms with Crippen LogP contribution in [0, 0.1) is 0 Å². The van der Waals surface area contributed by atoms with Crippen LogP contribution in [0.2, 0.25) is 0 Å². The number of hydrogen-bond donors (Lipinski definition) is 1. The molecular formula is C16H23NO2S2. The van der Waals surface area contributed by atoms with E-state index in [0.29, 0.717) is 11.4 Å². The number of benzene rings is 1. The largest absolute Gasteiger partial charge is 0.240 e. The standard InChI is InChI=1S/C16H23NO2S2/c18-21(19,17-10-11-20-15-6-1-2-7-15)16-9-8-13-4-3-5-14(13)12-16/h8-9,12,15,17H,1-7,10-11H2. The molecule has 1 aromatic rings. The highest BCUT2D eigenvalue weighted by Crippen LogP contribution is 2.29. The number of rotatable bonds is 6. The first kappa shape index (κ1) is 15.4. The Kier molecular flexibility index (Phi) is 4.92. The second kappa shape index (κ2) is 6.71. The monoisotopic (exact) mass is 325 g/mol. The fraction of sp³-hybridized carbons (Fsp3) is 0.625. The van der Waals surface area contributed by atoms with Gasteiger partial charge in [0, 0.05) is 17.5 Å². The van der Waals surface area contributed by atoms with Gasteiger partial charge >= 0.3 is 0 Å². The molecule has 21 heavy (non-hydrogen) atoms. The van der Waals surface area contributed by atoms with Gasteiger partial charge in [-0.2, -0.15) is 11.8 Å². The van der Waals surface area contributed by atoms with E-state index in [1.165, 1.54) is 36.8 Å². The lowest BCUT2D eigenvalue weighted by Crippen LogP contribution is -2.26. The van der Waals surface area contributed by atoms with Crippen molar-refractivity contribution in [1.82, 2.24) is 4.72 Å². The molecule has 1 fully saturated rings. The topological polar surface area (TPSA) is 46.2 Å². The van der Waals surface area contributed by atoms with E-state index in [1.807, 2.05) is 23.9 Å². The molecule has 1 saturated carbocycles. The van der Waals surface area contributed by atoms with Gasteiger partial charge < -0.3 is 0 Å². The highest BCUT2D eigenvalue weighted by Gasteiger charge is 2.19. The molecule has 0 radical (unpaired) electrons. The van der Waals surface area contributed by atoms with Gasteiger partial charge in [0.1, 0.15) is 0 Å². The minimum absolute atomic E-state index is 0.425. The van der Waals surface area contributed by atoms with E-state index in [4.69, 9.17) is 0 Å². The van der Waals surface area contributed by atoms with Crippen molar-refractivity contribution in [3.05, 3.63) is 29.3 Å². The maximum absolute atomic E-state index is 12.3. The lowest BCUT2D eigenvalue weighted by Gasteiger charge is -2.10. The van der Waals surface area contributed by atoms with Crippen molar-refractivity contribution in [3.63, 3.8) is 0 Å². The number of aryl methyl sites for hydroxylation is 2. The maximum atomic E-state index is 12.3. The Labute approximate surface area is 132 Å². The number of sulfonamides is 1. The van der Waals surface area contributed by atoms with Crippen molar-refractivity contribution in [2.45, 2.75) is 55.1 Å². The van der Waals surface area contributed by atoms with Gasteiger partial charge in [0.25, 0.3) is 0 Å². The molecule has 0 amide bonds. The molecule has 116 valence electrons. The van der Waals surface area contributed by atoms with Crippen LogP contribution < -0.4 is 4.72 Å². The maximum Gasteiger partial charge on any atom is 0.240 e. The first-order valence-electron chi connectivity index (χ1n) is 7.88. The molecule has 0 spiro atoms. The molecule has 1 aromatic carbocycles. The van der Waals surface area contributed by atoms with Crippen molar-refractivity contribution in [3.8, 4) is 0 Å². The van der Waals surface area contributed by atoms with Crippen molar-refractivity contribution in [2.75, 3.05) is 12.3 Å². The van der Waals surface area contributed by atoms with Crippen LogP contribution in [0.1, 0.15) is 43.2 Å². The first-order chi connectivity index (χ1) is 10.1. The quantitative estimate of drug-likeness (QED) is 0.817. The molecule has 5 heteroatoms. The Morgan fingerprint density at radius 3 is 2.67 bits per heavy atom. The smallest absolute Gasteiger partial charge is 0.210 e. The van der Waals surface area contributed by atoms with Crippen LogP contribution in [-0.4, -0.2) is 26.0 Å². The summed E-state index contributed by atoms with van der Waals surface area (Å²) in [7, 11) is -3.34. The summed E-state index contributed by atoms with van der Waals surface area (Å²) in [5.41, 5.74) is 2.52. The average molecular weight is 325 g/mol. The normalized spacial score (nSPS) is 19.0. The van der Waals surface area contributed by atoms with Gasteiger partial charge in [0.15, 0.2) is 0 Å². The molecular weight excluding hydrogens is 302 g/mol. The van der Waals surface area contributed by atoms with Crippen molar-refractivity contribution < 1.29 is 8.42 Å². The van der Waals surface area contributed by atoms with Gasteiger partial charge in [-0.05, 0) is 55.4 Å². The van der Waals surface area contributed by atoms with E-state index in [-0.39, 0.29) is 0 Å². The van der Waals surface area contributed by atoms with E-state index >= 15 is 0 Å². The van der Waals surface area contributed by atoms with Crippen LogP contribution >= 0.6 is 11.8 Å². The Bertz CT molecular complexity index is 592. The Hall–Kier alpha value is -0.520. The summed E-state index contributed by atoms with van der Waals surface area (Å²) < 4.78 is 27.4. The van der Waals surface area contributed by atoms with Crippen LogP contribution in [0.25, 0.3) is 0 Å². The van der Waals surface area contributed by atoms with E-state index in [2.05, 4.69) is 4.72 Å². The summed E-state index contributed by atoms with van der Waals surface area (Å²) in [5.74, 6) is 0.870. The molecule has 0 atom stereocenters. The van der Waals surface area contributed by atoms with Crippen molar-refractivity contribution in [2.24, 2.45) is 0 Å². The number of fused-ring (bicyclic) bond motifs is 1. The molecule has 2 aliphatic carbocycles. The number of thioether (sulfide) groups is 1. The summed E-state index contributed by atoms with van der Waals surface area (Å²) in [6.07, 6.45) is 8.49. The van der Waals surface area contributed by atoms with Crippen LogP contribution in [0.5, 0.6) is 0 Å². The van der Waals surface area contributed by atoms with Crippen LogP contribution in [0.15, 0.2) is 23.1 Å². The van der Waals surface area contributed by atoms with Gasteiger partial charge in [-0.15, -0.1) is 0 Å². The summed E-state index contributed by atoms with van der Waals surface area (Å²) in [6, 6.07) is 5.58. The zero-order chi connectivity index (χ0) is 14.7. The van der Waals surface area contributed by atoms with Gasteiger partial charge in [0.2, 0.25) is 10.0 Å². The summed E-state index contributed by atoms with van der Waals surface area (Å²) in [6.45, 7) is 0.528. The van der Waals surface area contributed by atoms with E-state index in [0.717, 1.165) is 30.3 Å². The van der Waals surface area contributed by atoms with Gasteiger partial charge in [-0.25, -0.2) is 13.1 Å². The summed E-state index contributed by atoms with van der Waals surface area (Å²) in [4.78, 5) is 0.425. The Morgan fingerprint density at radius 2 is 1.86 bits per heavy atom. The van der Waals surface area contributed by atoms with Crippen LogP contribution in [0.3, 0.4) is 0 Å². The third-order valence-electron chi connectivity index (χ3n) is 4.43. The SMILES string of the molecule is O=S(=O)(NCCSC1CCCC1)c1ccc2c(c1)CCC2. The molecule has 0 aliphatic heterocycles. The lowest BCUT2D eigenvalue weighted by molar-refractivity contribution is 0.584. The molecule has 0 heterocycles. The Balaban J connectivity index is 1.53. The minimum atomic E-state index is -3.34. The second-order valence-electron chi connectivity index (χ2n) is 5.96. The second-order valence-corrected chi connectivity index (χ2v) is 9.13. The highest BCUT2D eigenvalue weighted by atomic mass is 32.2. The first-order valence-corrected chi connectivity index (χ1v) is 10.4. The summed E-state index contributed by atoms with van der Waals surface area (Å²) >= 11 is 1.91. The van der Waals surface area contributed by atoms with E-state index in [9.17, 15) is 8.42 Å². The molecule has 2 aliphatic rings. The van der Waals surface area contributed by atoms with Gasteiger partial charge in [-0.3, -0.25) is 0 Å². The molecule has 3 nitrogen and oxygen atoms in total. The molecule has 0 unspecified atom stereocenters. The summed E-state index contributed by atoms with van der Waals surface area (Å²) in [5, 5.41) is 0.745. The minimum Gasteiger partial charge on any atom is -0.210 e. The fourth-order valence-electron chi connectivity index (χ4n) is 3.26. The zero-order valence-corrected chi connectivity index (χ0v) is 13.9. The molecule has 1 N–H and O–H groups in total. The molecule has 0 bridgehead atoms. The fourth-order valence-corrected chi connectivity index (χ4v) is 5.69. The Morgan fingerprint density at radius 1 is 1.10 bits per heavy atom. The molecule has 0 aromatic heterocycles. The predicted molar refractivity (Wildman–Crippen MR) is 88.4 cm³/mol. The average Bonchev–Trinajstić information content (AvgIpc) is 3.13. The van der Waals surface area contributed by atoms with Gasteiger partial charge in [-0.1, -0.05) is 18.9 Å². The van der Waals surface area contributed by atoms with Gasteiger partial charge in [0.05, 0.1) is 4.90 Å². The third kappa shape index (κ3) is 3.82. The van der Waals surface area contributed by atoms with Crippen LogP contribution in [0.4, 0.5) is 0 Å². The highest BCUT2D eigenvalue weighted by molar-refractivity contribution is 8.00. The number of nitrogens with one attached hydrogen (secondary N) is 1. The van der Waals surface area contributed by atoms with Crippen molar-refractivity contribution >= 4 is 21.8 Å². The van der Waals surface area contributed by atoms with E-state index < -0.39 is 10.0 Å².